The van der Waals surface area contributed by atoms with E-state index in [1.165, 1.54) is 6.07 Å². The molecule has 21 heavy (non-hydrogen) atoms. The van der Waals surface area contributed by atoms with Crippen molar-refractivity contribution in [3.8, 4) is 5.75 Å². The second-order valence-electron chi connectivity index (χ2n) is 6.57. The summed E-state index contributed by atoms with van der Waals surface area (Å²) in [6.45, 7) is 10.7. The lowest BCUT2D eigenvalue weighted by Crippen LogP contribution is -2.44. The van der Waals surface area contributed by atoms with Crippen molar-refractivity contribution in [3.05, 3.63) is 28.5 Å². The number of benzene rings is 1. The summed E-state index contributed by atoms with van der Waals surface area (Å²) in [6, 6.07) is 4.47. The molecule has 1 atom stereocenters. The molecule has 0 radical (unpaired) electrons. The number of rotatable bonds is 6. The van der Waals surface area contributed by atoms with Crippen molar-refractivity contribution in [2.75, 3.05) is 13.2 Å². The maximum atomic E-state index is 13.7. The Labute approximate surface area is 135 Å². The van der Waals surface area contributed by atoms with Crippen LogP contribution in [0.2, 0.25) is 18.1 Å². The predicted molar refractivity (Wildman–Crippen MR) is 88.8 cm³/mol. The topological polar surface area (TPSA) is 38.7 Å². The van der Waals surface area contributed by atoms with Crippen LogP contribution in [0.25, 0.3) is 0 Å². The standard InChI is InChI=1S/C15H24BrFO3Si/c1-15(2,3)21(4,5)19-10-12(9-18)20-14-8-11(16)6-7-13(14)17/h6-8,12,18H,9-10H2,1-5H3. The van der Waals surface area contributed by atoms with Crippen LogP contribution in [0.4, 0.5) is 4.39 Å². The van der Waals surface area contributed by atoms with Crippen LogP contribution in [0, 0.1) is 5.82 Å². The summed E-state index contributed by atoms with van der Waals surface area (Å²) in [7, 11) is -1.92. The van der Waals surface area contributed by atoms with Crippen LogP contribution < -0.4 is 4.74 Å². The first-order chi connectivity index (χ1) is 9.56. The van der Waals surface area contributed by atoms with Gasteiger partial charge in [0.25, 0.3) is 0 Å². The van der Waals surface area contributed by atoms with E-state index in [1.807, 2.05) is 0 Å². The third-order valence-electron chi connectivity index (χ3n) is 3.83. The normalized spacial score (nSPS) is 14.1. The minimum Gasteiger partial charge on any atom is -0.483 e. The highest BCUT2D eigenvalue weighted by Gasteiger charge is 2.37. The van der Waals surface area contributed by atoms with Crippen LogP contribution in [-0.2, 0) is 4.43 Å². The smallest absolute Gasteiger partial charge is 0.192 e. The predicted octanol–water partition coefficient (Wildman–Crippen LogP) is 4.35. The molecule has 1 rings (SSSR count). The molecule has 0 aliphatic heterocycles. The van der Waals surface area contributed by atoms with Gasteiger partial charge >= 0.3 is 0 Å². The summed E-state index contributed by atoms with van der Waals surface area (Å²) in [5, 5.41) is 9.50. The van der Waals surface area contributed by atoms with Gasteiger partial charge in [-0.15, -0.1) is 0 Å². The first-order valence-corrected chi connectivity index (χ1v) is 10.6. The molecular weight excluding hydrogens is 355 g/mol. The van der Waals surface area contributed by atoms with Gasteiger partial charge in [0.1, 0.15) is 6.10 Å². The second kappa shape index (κ2) is 7.22. The molecule has 0 saturated carbocycles. The number of hydrogen-bond acceptors (Lipinski definition) is 3. The zero-order chi connectivity index (χ0) is 16.3. The number of aliphatic hydroxyl groups excluding tert-OH is 1. The fourth-order valence-corrected chi connectivity index (χ4v) is 2.76. The molecule has 1 N–H and O–H groups in total. The molecule has 0 bridgehead atoms. The number of ether oxygens (including phenoxy) is 1. The largest absolute Gasteiger partial charge is 0.483 e. The van der Waals surface area contributed by atoms with Gasteiger partial charge in [-0.3, -0.25) is 0 Å². The van der Waals surface area contributed by atoms with Crippen molar-refractivity contribution in [1.29, 1.82) is 0 Å². The summed E-state index contributed by atoms with van der Waals surface area (Å²) in [4.78, 5) is 0. The Morgan fingerprint density at radius 2 is 1.95 bits per heavy atom. The van der Waals surface area contributed by atoms with E-state index in [9.17, 15) is 9.50 Å². The average molecular weight is 379 g/mol. The summed E-state index contributed by atoms with van der Waals surface area (Å²) < 4.78 is 25.9. The van der Waals surface area contributed by atoms with E-state index in [-0.39, 0.29) is 24.0 Å². The van der Waals surface area contributed by atoms with Gasteiger partial charge in [0.05, 0.1) is 13.2 Å². The average Bonchev–Trinajstić information content (AvgIpc) is 2.37. The van der Waals surface area contributed by atoms with Gasteiger partial charge in [0.15, 0.2) is 19.9 Å². The Morgan fingerprint density at radius 3 is 2.48 bits per heavy atom. The van der Waals surface area contributed by atoms with Crippen molar-refractivity contribution in [3.63, 3.8) is 0 Å². The Morgan fingerprint density at radius 1 is 1.33 bits per heavy atom. The summed E-state index contributed by atoms with van der Waals surface area (Å²) >= 11 is 3.27. The van der Waals surface area contributed by atoms with Crippen molar-refractivity contribution >= 4 is 24.2 Å². The van der Waals surface area contributed by atoms with E-state index in [2.05, 4.69) is 49.8 Å². The number of aliphatic hydroxyl groups is 1. The maximum absolute atomic E-state index is 13.7. The van der Waals surface area contributed by atoms with Crippen LogP contribution >= 0.6 is 15.9 Å². The molecule has 1 unspecified atom stereocenters. The summed E-state index contributed by atoms with van der Waals surface area (Å²) in [6.07, 6.45) is -0.581. The van der Waals surface area contributed by atoms with Crippen molar-refractivity contribution in [2.24, 2.45) is 0 Å². The second-order valence-corrected chi connectivity index (χ2v) is 12.3. The number of halogens is 2. The zero-order valence-electron chi connectivity index (χ0n) is 13.2. The lowest BCUT2D eigenvalue weighted by atomic mass is 10.2. The third kappa shape index (κ3) is 5.36. The Balaban J connectivity index is 2.70. The van der Waals surface area contributed by atoms with Gasteiger partial charge in [-0.25, -0.2) is 4.39 Å². The first-order valence-electron chi connectivity index (χ1n) is 6.93. The summed E-state index contributed by atoms with van der Waals surface area (Å²) in [5.41, 5.74) is 0. The van der Waals surface area contributed by atoms with Gasteiger partial charge in [0, 0.05) is 4.47 Å². The Bertz CT molecular complexity index is 474. The van der Waals surface area contributed by atoms with Crippen LogP contribution in [-0.4, -0.2) is 32.7 Å². The number of hydrogen-bond donors (Lipinski definition) is 1. The van der Waals surface area contributed by atoms with Gasteiger partial charge in [-0.1, -0.05) is 36.7 Å². The molecule has 0 amide bonds. The van der Waals surface area contributed by atoms with Crippen molar-refractivity contribution in [1.82, 2.24) is 0 Å². The minimum atomic E-state index is -1.92. The van der Waals surface area contributed by atoms with E-state index in [1.54, 1.807) is 12.1 Å². The fourth-order valence-electron chi connectivity index (χ4n) is 1.39. The Kier molecular flexibility index (Phi) is 6.40. The van der Waals surface area contributed by atoms with Gasteiger partial charge in [0.2, 0.25) is 0 Å². The van der Waals surface area contributed by atoms with E-state index < -0.39 is 20.2 Å². The van der Waals surface area contributed by atoms with Gasteiger partial charge in [-0.05, 0) is 36.3 Å². The molecule has 0 fully saturated rings. The van der Waals surface area contributed by atoms with Crippen LogP contribution in [0.1, 0.15) is 20.8 Å². The van der Waals surface area contributed by atoms with Gasteiger partial charge < -0.3 is 14.3 Å². The molecule has 0 aliphatic carbocycles. The fraction of sp³-hybridized carbons (Fsp3) is 0.600. The molecular formula is C15H24BrFO3Si. The zero-order valence-corrected chi connectivity index (χ0v) is 15.8. The molecule has 1 aromatic rings. The van der Waals surface area contributed by atoms with E-state index >= 15 is 0 Å². The highest BCUT2D eigenvalue weighted by molar-refractivity contribution is 9.10. The molecule has 120 valence electrons. The molecule has 0 spiro atoms. The highest BCUT2D eigenvalue weighted by Crippen LogP contribution is 2.36. The molecule has 0 saturated heterocycles. The SMILES string of the molecule is CC(C)(C)[Si](C)(C)OCC(CO)Oc1cc(Br)ccc1F. The lowest BCUT2D eigenvalue weighted by Gasteiger charge is -2.37. The molecule has 0 aliphatic rings. The minimum absolute atomic E-state index is 0.0774. The van der Waals surface area contributed by atoms with Crippen LogP contribution in [0.15, 0.2) is 22.7 Å². The molecule has 3 nitrogen and oxygen atoms in total. The van der Waals surface area contributed by atoms with Crippen molar-refractivity contribution in [2.45, 2.75) is 45.0 Å². The maximum Gasteiger partial charge on any atom is 0.192 e. The molecule has 1 aromatic carbocycles. The van der Waals surface area contributed by atoms with E-state index in [4.69, 9.17) is 9.16 Å². The van der Waals surface area contributed by atoms with E-state index in [0.29, 0.717) is 0 Å². The van der Waals surface area contributed by atoms with E-state index in [0.717, 1.165) is 4.47 Å². The van der Waals surface area contributed by atoms with Crippen molar-refractivity contribution < 1.29 is 18.7 Å². The van der Waals surface area contributed by atoms with Gasteiger partial charge in [-0.2, -0.15) is 0 Å². The van der Waals surface area contributed by atoms with Crippen LogP contribution in [0.3, 0.4) is 0 Å². The molecule has 0 heterocycles. The molecule has 6 heteroatoms. The van der Waals surface area contributed by atoms with Crippen LogP contribution in [0.5, 0.6) is 5.75 Å². The first kappa shape index (κ1) is 18.6. The third-order valence-corrected chi connectivity index (χ3v) is 8.82. The summed E-state index contributed by atoms with van der Waals surface area (Å²) in [5.74, 6) is -0.341. The molecule has 0 aromatic heterocycles. The Hall–Kier alpha value is -0.433. The monoisotopic (exact) mass is 378 g/mol. The highest BCUT2D eigenvalue weighted by atomic mass is 79.9. The lowest BCUT2D eigenvalue weighted by molar-refractivity contribution is 0.0639. The quantitative estimate of drug-likeness (QED) is 0.747.